The number of benzene rings is 2. The van der Waals surface area contributed by atoms with Crippen LogP contribution in [0.4, 0.5) is 5.69 Å². The Morgan fingerprint density at radius 3 is 2.50 bits per heavy atom. The lowest BCUT2D eigenvalue weighted by Crippen LogP contribution is -2.09. The maximum atomic E-state index is 12.1. The van der Waals surface area contributed by atoms with Crippen molar-refractivity contribution in [1.82, 2.24) is 0 Å². The van der Waals surface area contributed by atoms with E-state index >= 15 is 0 Å². The van der Waals surface area contributed by atoms with Crippen molar-refractivity contribution in [3.8, 4) is 5.75 Å². The molecule has 0 aromatic heterocycles. The molecule has 0 amide bonds. The molecule has 0 fully saturated rings. The molecular weight excluding hydrogens is 278 g/mol. The minimum atomic E-state index is -3.95. The van der Waals surface area contributed by atoms with Crippen molar-refractivity contribution in [1.29, 1.82) is 0 Å². The van der Waals surface area contributed by atoms with Crippen LogP contribution < -0.4 is 4.18 Å². The van der Waals surface area contributed by atoms with Crippen molar-refractivity contribution >= 4 is 15.8 Å². The van der Waals surface area contributed by atoms with E-state index in [0.717, 1.165) is 0 Å². The molecule has 0 saturated heterocycles. The summed E-state index contributed by atoms with van der Waals surface area (Å²) in [6.45, 7) is 1.72. The number of nitrogens with zero attached hydrogens (tertiary/aromatic N) is 3. The van der Waals surface area contributed by atoms with Crippen molar-refractivity contribution < 1.29 is 12.6 Å². The van der Waals surface area contributed by atoms with Gasteiger partial charge in [-0.3, -0.25) is 0 Å². The topological polar surface area (TPSA) is 92.1 Å². The fourth-order valence-electron chi connectivity index (χ4n) is 1.55. The van der Waals surface area contributed by atoms with Crippen molar-refractivity contribution in [2.24, 2.45) is 5.11 Å². The third-order valence-corrected chi connectivity index (χ3v) is 3.81. The summed E-state index contributed by atoms with van der Waals surface area (Å²) in [5.41, 5.74) is 9.39. The van der Waals surface area contributed by atoms with E-state index in [1.807, 2.05) is 0 Å². The first kappa shape index (κ1) is 13.9. The lowest BCUT2D eigenvalue weighted by Gasteiger charge is -2.08. The normalized spacial score (nSPS) is 10.7. The van der Waals surface area contributed by atoms with Gasteiger partial charge < -0.3 is 4.18 Å². The molecule has 0 aliphatic heterocycles. The van der Waals surface area contributed by atoms with Gasteiger partial charge in [0.2, 0.25) is 0 Å². The monoisotopic (exact) mass is 289 g/mol. The molecule has 2 aromatic rings. The fourth-order valence-corrected chi connectivity index (χ4v) is 2.50. The lowest BCUT2D eigenvalue weighted by atomic mass is 10.2. The predicted molar refractivity (Wildman–Crippen MR) is 74.2 cm³/mol. The average Bonchev–Trinajstić information content (AvgIpc) is 2.42. The molecular formula is C13H11N3O3S. The Labute approximate surface area is 116 Å². The van der Waals surface area contributed by atoms with Crippen LogP contribution in [-0.4, -0.2) is 8.42 Å². The van der Waals surface area contributed by atoms with Crippen LogP contribution in [-0.2, 0) is 10.1 Å². The van der Waals surface area contributed by atoms with Gasteiger partial charge in [0.1, 0.15) is 10.6 Å². The Kier molecular flexibility index (Phi) is 3.93. The Morgan fingerprint density at radius 2 is 1.85 bits per heavy atom. The maximum Gasteiger partial charge on any atom is 0.339 e. The molecule has 102 valence electrons. The molecule has 0 spiro atoms. The zero-order valence-corrected chi connectivity index (χ0v) is 11.4. The predicted octanol–water partition coefficient (Wildman–Crippen LogP) is 3.70. The SMILES string of the molecule is Cc1ccc(S(=O)(=O)Oc2ccccc2)cc1N=[N+]=[N-]. The van der Waals surface area contributed by atoms with Gasteiger partial charge in [-0.2, -0.15) is 8.42 Å². The summed E-state index contributed by atoms with van der Waals surface area (Å²) in [4.78, 5) is 2.60. The van der Waals surface area contributed by atoms with Crippen LogP contribution in [0.25, 0.3) is 10.4 Å². The van der Waals surface area contributed by atoms with E-state index in [0.29, 0.717) is 5.56 Å². The number of rotatable bonds is 4. The minimum Gasteiger partial charge on any atom is -0.379 e. The van der Waals surface area contributed by atoms with Gasteiger partial charge in [-0.05, 0) is 42.3 Å². The van der Waals surface area contributed by atoms with Crippen LogP contribution in [0.15, 0.2) is 58.5 Å². The molecule has 0 heterocycles. The van der Waals surface area contributed by atoms with E-state index < -0.39 is 10.1 Å². The largest absolute Gasteiger partial charge is 0.379 e. The van der Waals surface area contributed by atoms with Crippen LogP contribution in [0.2, 0.25) is 0 Å². The summed E-state index contributed by atoms with van der Waals surface area (Å²) in [5.74, 6) is 0.221. The summed E-state index contributed by atoms with van der Waals surface area (Å²) in [7, 11) is -3.95. The Balaban J connectivity index is 2.39. The smallest absolute Gasteiger partial charge is 0.339 e. The first-order chi connectivity index (χ1) is 9.53. The highest BCUT2D eigenvalue weighted by Crippen LogP contribution is 2.25. The molecule has 0 saturated carbocycles. The third-order valence-electron chi connectivity index (χ3n) is 2.57. The van der Waals surface area contributed by atoms with Crippen molar-refractivity contribution in [3.63, 3.8) is 0 Å². The molecule has 20 heavy (non-hydrogen) atoms. The Bertz CT molecular complexity index is 767. The lowest BCUT2D eigenvalue weighted by molar-refractivity contribution is 0.486. The van der Waals surface area contributed by atoms with Crippen LogP contribution in [0.1, 0.15) is 5.56 Å². The van der Waals surface area contributed by atoms with Gasteiger partial charge >= 0.3 is 10.1 Å². The quantitative estimate of drug-likeness (QED) is 0.371. The third kappa shape index (κ3) is 3.09. The molecule has 0 bridgehead atoms. The second-order valence-corrected chi connectivity index (χ2v) is 5.53. The maximum absolute atomic E-state index is 12.1. The zero-order chi connectivity index (χ0) is 14.6. The summed E-state index contributed by atoms with van der Waals surface area (Å²) in [6.07, 6.45) is 0. The number of hydrogen-bond donors (Lipinski definition) is 0. The first-order valence-electron chi connectivity index (χ1n) is 5.68. The number of aryl methyl sites for hydroxylation is 1. The number of azide groups is 1. The van der Waals surface area contributed by atoms with Gasteiger partial charge in [0.15, 0.2) is 0 Å². The molecule has 0 atom stereocenters. The van der Waals surface area contributed by atoms with E-state index in [1.54, 1.807) is 43.3 Å². The highest BCUT2D eigenvalue weighted by molar-refractivity contribution is 7.87. The van der Waals surface area contributed by atoms with Crippen LogP contribution in [0, 0.1) is 6.92 Å². The van der Waals surface area contributed by atoms with Gasteiger partial charge in [0.05, 0.1) is 0 Å². The Hall–Kier alpha value is -2.50. The van der Waals surface area contributed by atoms with Gasteiger partial charge in [-0.15, -0.1) is 0 Å². The molecule has 0 radical (unpaired) electrons. The van der Waals surface area contributed by atoms with Crippen molar-refractivity contribution in [3.05, 3.63) is 64.5 Å². The number of para-hydroxylation sites is 1. The summed E-state index contributed by atoms with van der Waals surface area (Å²) >= 11 is 0. The summed E-state index contributed by atoms with van der Waals surface area (Å²) < 4.78 is 29.2. The van der Waals surface area contributed by atoms with Crippen LogP contribution in [0.5, 0.6) is 5.75 Å². The minimum absolute atomic E-state index is 0.0608. The van der Waals surface area contributed by atoms with Gasteiger partial charge in [-0.25, -0.2) is 0 Å². The van der Waals surface area contributed by atoms with Gasteiger partial charge in [0, 0.05) is 10.6 Å². The fraction of sp³-hybridized carbons (Fsp3) is 0.0769. The molecule has 0 N–H and O–H groups in total. The summed E-state index contributed by atoms with van der Waals surface area (Å²) in [6, 6.07) is 12.4. The van der Waals surface area contributed by atoms with E-state index in [2.05, 4.69) is 10.0 Å². The van der Waals surface area contributed by atoms with E-state index in [-0.39, 0.29) is 16.3 Å². The molecule has 7 heteroatoms. The highest BCUT2D eigenvalue weighted by Gasteiger charge is 2.17. The Morgan fingerprint density at radius 1 is 1.15 bits per heavy atom. The van der Waals surface area contributed by atoms with Gasteiger partial charge in [-0.1, -0.05) is 29.4 Å². The highest BCUT2D eigenvalue weighted by atomic mass is 32.2. The average molecular weight is 289 g/mol. The first-order valence-corrected chi connectivity index (χ1v) is 7.09. The van der Waals surface area contributed by atoms with Crippen LogP contribution >= 0.6 is 0 Å². The van der Waals surface area contributed by atoms with E-state index in [9.17, 15) is 8.42 Å². The van der Waals surface area contributed by atoms with Crippen molar-refractivity contribution in [2.75, 3.05) is 0 Å². The van der Waals surface area contributed by atoms with E-state index in [4.69, 9.17) is 9.71 Å². The second-order valence-electron chi connectivity index (χ2n) is 3.99. The summed E-state index contributed by atoms with van der Waals surface area (Å²) in [5, 5.41) is 3.45. The number of hydrogen-bond acceptors (Lipinski definition) is 4. The molecule has 0 aliphatic carbocycles. The van der Waals surface area contributed by atoms with Crippen molar-refractivity contribution in [2.45, 2.75) is 11.8 Å². The molecule has 2 aromatic carbocycles. The molecule has 2 rings (SSSR count). The standard InChI is InChI=1S/C13H11N3O3S/c1-10-7-8-12(9-13(10)15-16-14)20(17,18)19-11-5-3-2-4-6-11/h2-9H,1H3. The van der Waals surface area contributed by atoms with E-state index in [1.165, 1.54) is 12.1 Å². The molecule has 0 unspecified atom stereocenters. The van der Waals surface area contributed by atoms with Crippen LogP contribution in [0.3, 0.4) is 0 Å². The second kappa shape index (κ2) is 5.64. The van der Waals surface area contributed by atoms with Gasteiger partial charge in [0.25, 0.3) is 0 Å². The zero-order valence-electron chi connectivity index (χ0n) is 10.6. The molecule has 0 aliphatic rings. The molecule has 6 nitrogen and oxygen atoms in total.